The lowest BCUT2D eigenvalue weighted by Crippen LogP contribution is -2.47. The minimum atomic E-state index is -0.0135. The number of guanidine groups is 1. The zero-order chi connectivity index (χ0) is 19.1. The van der Waals surface area contributed by atoms with Gasteiger partial charge in [0, 0.05) is 52.2 Å². The fraction of sp³-hybridized carbons (Fsp3) is 0.684. The van der Waals surface area contributed by atoms with E-state index in [-0.39, 0.29) is 12.5 Å². The van der Waals surface area contributed by atoms with Gasteiger partial charge in [0.25, 0.3) is 0 Å². The minimum absolute atomic E-state index is 0.0135. The lowest BCUT2D eigenvalue weighted by Gasteiger charge is -2.22. The van der Waals surface area contributed by atoms with Crippen LogP contribution in [0.3, 0.4) is 0 Å². The molecule has 1 aliphatic heterocycles. The third-order valence-corrected chi connectivity index (χ3v) is 4.81. The number of amides is 1. The summed E-state index contributed by atoms with van der Waals surface area (Å²) >= 11 is 0. The molecule has 0 aliphatic carbocycles. The van der Waals surface area contributed by atoms with E-state index in [0.29, 0.717) is 30.5 Å². The van der Waals surface area contributed by atoms with E-state index >= 15 is 0 Å². The molecule has 1 amide bonds. The van der Waals surface area contributed by atoms with Crippen molar-refractivity contribution in [3.05, 3.63) is 24.2 Å². The first kappa shape index (κ1) is 20.3. The number of hydrogen-bond donors (Lipinski definition) is 2. The Labute approximate surface area is 156 Å². The summed E-state index contributed by atoms with van der Waals surface area (Å²) in [6.45, 7) is 9.60. The van der Waals surface area contributed by atoms with Crippen LogP contribution in [-0.2, 0) is 11.2 Å². The van der Waals surface area contributed by atoms with E-state index in [1.807, 2.05) is 12.1 Å². The number of aliphatic imine (C=N–C) groups is 1. The lowest BCUT2D eigenvalue weighted by molar-refractivity contribution is -0.127. The maximum Gasteiger partial charge on any atom is 0.243 e. The number of likely N-dealkylation sites (N-methyl/N-ethyl adjacent to an activating group) is 1. The number of furan rings is 1. The fourth-order valence-corrected chi connectivity index (χ4v) is 2.99. The molecule has 1 saturated heterocycles. The Hall–Kier alpha value is -2.02. The number of rotatable bonds is 7. The third-order valence-electron chi connectivity index (χ3n) is 4.81. The zero-order valence-corrected chi connectivity index (χ0v) is 16.7. The molecule has 2 unspecified atom stereocenters. The highest BCUT2D eigenvalue weighted by molar-refractivity contribution is 5.85. The van der Waals surface area contributed by atoms with Crippen LogP contribution >= 0.6 is 0 Å². The Kier molecular flexibility index (Phi) is 7.50. The van der Waals surface area contributed by atoms with Gasteiger partial charge >= 0.3 is 0 Å². The number of carbonyl (C=O) groups is 1. The van der Waals surface area contributed by atoms with Crippen LogP contribution < -0.4 is 10.6 Å². The molecular formula is C19H33N5O2. The van der Waals surface area contributed by atoms with Gasteiger partial charge in [0.15, 0.2) is 5.96 Å². The van der Waals surface area contributed by atoms with Crippen molar-refractivity contribution in [2.45, 2.75) is 39.3 Å². The van der Waals surface area contributed by atoms with Gasteiger partial charge in [-0.3, -0.25) is 9.69 Å². The summed E-state index contributed by atoms with van der Waals surface area (Å²) in [5, 5.41) is 6.85. The summed E-state index contributed by atoms with van der Waals surface area (Å²) in [5.41, 5.74) is 0. The van der Waals surface area contributed by atoms with Gasteiger partial charge in [-0.25, -0.2) is 4.99 Å². The molecule has 26 heavy (non-hydrogen) atoms. The Morgan fingerprint density at radius 1 is 1.42 bits per heavy atom. The van der Waals surface area contributed by atoms with Crippen molar-refractivity contribution in [1.82, 2.24) is 20.4 Å². The number of hydrogen-bond acceptors (Lipinski definition) is 4. The van der Waals surface area contributed by atoms with Crippen molar-refractivity contribution in [3.8, 4) is 0 Å². The SMILES string of the molecule is CC1CN(C(C)C)CC1NC(=NCC(=O)N(C)C)NCCc1ccco1. The molecule has 1 aliphatic rings. The summed E-state index contributed by atoms with van der Waals surface area (Å²) in [5.74, 6) is 2.13. The molecule has 0 spiro atoms. The Morgan fingerprint density at radius 2 is 2.19 bits per heavy atom. The third kappa shape index (κ3) is 6.05. The second-order valence-electron chi connectivity index (χ2n) is 7.48. The van der Waals surface area contributed by atoms with E-state index in [2.05, 4.69) is 41.3 Å². The molecule has 2 N–H and O–H groups in total. The molecule has 2 rings (SSSR count). The van der Waals surface area contributed by atoms with Crippen molar-refractivity contribution in [2.75, 3.05) is 40.3 Å². The molecule has 0 saturated carbocycles. The Morgan fingerprint density at radius 3 is 2.77 bits per heavy atom. The van der Waals surface area contributed by atoms with Crippen LogP contribution in [0.5, 0.6) is 0 Å². The molecule has 1 fully saturated rings. The smallest absolute Gasteiger partial charge is 0.243 e. The van der Waals surface area contributed by atoms with E-state index in [4.69, 9.17) is 4.42 Å². The first-order valence-electron chi connectivity index (χ1n) is 9.38. The van der Waals surface area contributed by atoms with Crippen molar-refractivity contribution in [3.63, 3.8) is 0 Å². The number of nitrogens with one attached hydrogen (secondary N) is 2. The van der Waals surface area contributed by atoms with Gasteiger partial charge in [-0.15, -0.1) is 0 Å². The summed E-state index contributed by atoms with van der Waals surface area (Å²) in [7, 11) is 3.49. The second kappa shape index (κ2) is 9.62. The van der Waals surface area contributed by atoms with E-state index in [9.17, 15) is 4.79 Å². The van der Waals surface area contributed by atoms with Crippen LogP contribution in [0, 0.1) is 5.92 Å². The van der Waals surface area contributed by atoms with Gasteiger partial charge in [-0.05, 0) is 31.9 Å². The van der Waals surface area contributed by atoms with Crippen LogP contribution in [0.2, 0.25) is 0 Å². The number of nitrogens with zero attached hydrogens (tertiary/aromatic N) is 3. The normalized spacial score (nSPS) is 21.2. The molecule has 0 aromatic carbocycles. The zero-order valence-electron chi connectivity index (χ0n) is 16.7. The van der Waals surface area contributed by atoms with Crippen molar-refractivity contribution in [1.29, 1.82) is 0 Å². The van der Waals surface area contributed by atoms with E-state index in [0.717, 1.165) is 25.3 Å². The lowest BCUT2D eigenvalue weighted by atomic mass is 10.1. The van der Waals surface area contributed by atoms with Crippen molar-refractivity contribution in [2.24, 2.45) is 10.9 Å². The fourth-order valence-electron chi connectivity index (χ4n) is 2.99. The maximum absolute atomic E-state index is 11.9. The average Bonchev–Trinajstić information content (AvgIpc) is 3.22. The highest BCUT2D eigenvalue weighted by Crippen LogP contribution is 2.18. The molecule has 2 atom stereocenters. The van der Waals surface area contributed by atoms with Gasteiger partial charge in [-0.2, -0.15) is 0 Å². The van der Waals surface area contributed by atoms with Crippen LogP contribution in [0.1, 0.15) is 26.5 Å². The molecule has 146 valence electrons. The molecule has 7 heteroatoms. The Bertz CT molecular complexity index is 583. The largest absolute Gasteiger partial charge is 0.469 e. The summed E-state index contributed by atoms with van der Waals surface area (Å²) < 4.78 is 5.37. The van der Waals surface area contributed by atoms with E-state index in [1.165, 1.54) is 0 Å². The van der Waals surface area contributed by atoms with Gasteiger partial charge in [0.2, 0.25) is 5.91 Å². The number of likely N-dealkylation sites (tertiary alicyclic amines) is 1. The van der Waals surface area contributed by atoms with Crippen LogP contribution in [0.15, 0.2) is 27.8 Å². The number of carbonyl (C=O) groups excluding carboxylic acids is 1. The van der Waals surface area contributed by atoms with E-state index in [1.54, 1.807) is 25.3 Å². The maximum atomic E-state index is 11.9. The summed E-state index contributed by atoms with van der Waals surface area (Å²) in [4.78, 5) is 20.4. The van der Waals surface area contributed by atoms with Gasteiger partial charge in [0.05, 0.1) is 6.26 Å². The quantitative estimate of drug-likeness (QED) is 0.562. The van der Waals surface area contributed by atoms with Crippen LogP contribution in [0.4, 0.5) is 0 Å². The predicted molar refractivity (Wildman–Crippen MR) is 104 cm³/mol. The van der Waals surface area contributed by atoms with Crippen LogP contribution in [0.25, 0.3) is 0 Å². The monoisotopic (exact) mass is 363 g/mol. The highest BCUT2D eigenvalue weighted by Gasteiger charge is 2.31. The molecular weight excluding hydrogens is 330 g/mol. The summed E-state index contributed by atoms with van der Waals surface area (Å²) in [6.07, 6.45) is 2.45. The average molecular weight is 364 g/mol. The molecule has 0 radical (unpaired) electrons. The van der Waals surface area contributed by atoms with Gasteiger partial charge in [0.1, 0.15) is 12.3 Å². The Balaban J connectivity index is 1.95. The first-order chi connectivity index (χ1) is 12.4. The van der Waals surface area contributed by atoms with Crippen molar-refractivity contribution < 1.29 is 9.21 Å². The van der Waals surface area contributed by atoms with Gasteiger partial charge in [-0.1, -0.05) is 6.92 Å². The molecule has 0 bridgehead atoms. The molecule has 1 aromatic heterocycles. The molecule has 7 nitrogen and oxygen atoms in total. The van der Waals surface area contributed by atoms with Crippen molar-refractivity contribution >= 4 is 11.9 Å². The van der Waals surface area contributed by atoms with E-state index < -0.39 is 0 Å². The second-order valence-corrected chi connectivity index (χ2v) is 7.48. The highest BCUT2D eigenvalue weighted by atomic mass is 16.3. The first-order valence-corrected chi connectivity index (χ1v) is 9.38. The predicted octanol–water partition coefficient (Wildman–Crippen LogP) is 1.17. The summed E-state index contributed by atoms with van der Waals surface area (Å²) in [6, 6.07) is 4.70. The molecule has 1 aromatic rings. The standard InChI is InChI=1S/C19H33N5O2/c1-14(2)24-12-15(3)17(13-24)22-19(21-11-18(25)23(4)5)20-9-8-16-7-6-10-26-16/h6-7,10,14-15,17H,8-9,11-13H2,1-5H3,(H2,20,21,22). The topological polar surface area (TPSA) is 73.1 Å². The van der Waals surface area contributed by atoms with Gasteiger partial charge < -0.3 is 20.0 Å². The van der Waals surface area contributed by atoms with Crippen LogP contribution in [-0.4, -0.2) is 74.0 Å². The minimum Gasteiger partial charge on any atom is -0.469 e. The molecule has 2 heterocycles.